The molecule has 146 valence electrons. The van der Waals surface area contributed by atoms with E-state index in [9.17, 15) is 4.79 Å². The highest BCUT2D eigenvalue weighted by Crippen LogP contribution is 2.20. The Morgan fingerprint density at radius 1 is 1.18 bits per heavy atom. The van der Waals surface area contributed by atoms with Crippen LogP contribution in [-0.2, 0) is 6.42 Å². The van der Waals surface area contributed by atoms with Crippen LogP contribution in [0.3, 0.4) is 0 Å². The molecule has 2 aromatic carbocycles. The molecule has 1 saturated heterocycles. The summed E-state index contributed by atoms with van der Waals surface area (Å²) in [6.45, 7) is 3.84. The van der Waals surface area contributed by atoms with Crippen LogP contribution in [0.2, 0.25) is 0 Å². The Morgan fingerprint density at radius 2 is 1.96 bits per heavy atom. The Hall–Kier alpha value is -2.86. The van der Waals surface area contributed by atoms with E-state index in [0.717, 1.165) is 36.5 Å². The molecule has 6 nitrogen and oxygen atoms in total. The van der Waals surface area contributed by atoms with Gasteiger partial charge in [0, 0.05) is 25.1 Å². The van der Waals surface area contributed by atoms with Gasteiger partial charge in [0.15, 0.2) is 11.5 Å². The van der Waals surface area contributed by atoms with E-state index in [-0.39, 0.29) is 5.91 Å². The molecule has 1 aliphatic heterocycles. The fourth-order valence-electron chi connectivity index (χ4n) is 3.54. The lowest BCUT2D eigenvalue weighted by molar-refractivity contribution is 0.0949. The number of nitrogens with one attached hydrogen (secondary N) is 1. The van der Waals surface area contributed by atoms with E-state index in [1.165, 1.54) is 12.8 Å². The van der Waals surface area contributed by atoms with Gasteiger partial charge >= 0.3 is 0 Å². The molecular formula is C22H25N3O3. The molecule has 1 fully saturated rings. The van der Waals surface area contributed by atoms with Crippen LogP contribution < -0.4 is 10.1 Å². The minimum Gasteiger partial charge on any atom is -0.497 e. The number of aromatic nitrogens is 1. The Labute approximate surface area is 164 Å². The molecule has 2 heterocycles. The van der Waals surface area contributed by atoms with Crippen LogP contribution in [0.15, 0.2) is 46.9 Å². The molecule has 0 spiro atoms. The number of ether oxygens (including phenoxy) is 1. The maximum absolute atomic E-state index is 12.4. The third-order valence-corrected chi connectivity index (χ3v) is 5.12. The van der Waals surface area contributed by atoms with Gasteiger partial charge in [-0.3, -0.25) is 4.79 Å². The van der Waals surface area contributed by atoms with Crippen LogP contribution in [0.25, 0.3) is 11.1 Å². The summed E-state index contributed by atoms with van der Waals surface area (Å²) in [6, 6.07) is 13.2. The smallest absolute Gasteiger partial charge is 0.251 e. The van der Waals surface area contributed by atoms with Gasteiger partial charge in [0.2, 0.25) is 0 Å². The number of benzene rings is 2. The van der Waals surface area contributed by atoms with Crippen molar-refractivity contribution in [2.45, 2.75) is 19.3 Å². The summed E-state index contributed by atoms with van der Waals surface area (Å²) >= 11 is 0. The number of oxazole rings is 1. The second kappa shape index (κ2) is 8.44. The van der Waals surface area contributed by atoms with Crippen molar-refractivity contribution < 1.29 is 13.9 Å². The first-order valence-corrected chi connectivity index (χ1v) is 9.74. The summed E-state index contributed by atoms with van der Waals surface area (Å²) in [7, 11) is 1.65. The van der Waals surface area contributed by atoms with Crippen molar-refractivity contribution in [1.82, 2.24) is 15.2 Å². The lowest BCUT2D eigenvalue weighted by atomic mass is 10.1. The van der Waals surface area contributed by atoms with Gasteiger partial charge in [0.25, 0.3) is 5.91 Å². The third kappa shape index (κ3) is 4.34. The Kier molecular flexibility index (Phi) is 5.58. The van der Waals surface area contributed by atoms with Gasteiger partial charge in [0.05, 0.1) is 7.11 Å². The van der Waals surface area contributed by atoms with E-state index < -0.39 is 0 Å². The van der Waals surface area contributed by atoms with Gasteiger partial charge in [-0.1, -0.05) is 12.1 Å². The van der Waals surface area contributed by atoms with Crippen LogP contribution in [0, 0.1) is 0 Å². The normalized spacial score (nSPS) is 14.5. The van der Waals surface area contributed by atoms with Crippen LogP contribution >= 0.6 is 0 Å². The van der Waals surface area contributed by atoms with E-state index in [1.54, 1.807) is 19.2 Å². The van der Waals surface area contributed by atoms with Crippen LogP contribution in [-0.4, -0.2) is 49.1 Å². The lowest BCUT2D eigenvalue weighted by Crippen LogP contribution is -2.33. The molecule has 0 aliphatic carbocycles. The topological polar surface area (TPSA) is 67.6 Å². The number of nitrogens with zero attached hydrogens (tertiary/aromatic N) is 2. The van der Waals surface area contributed by atoms with Gasteiger partial charge in [-0.2, -0.15) is 0 Å². The molecular weight excluding hydrogens is 354 g/mol. The van der Waals surface area contributed by atoms with Crippen molar-refractivity contribution in [2.75, 3.05) is 33.3 Å². The van der Waals surface area contributed by atoms with Gasteiger partial charge in [-0.15, -0.1) is 0 Å². The van der Waals surface area contributed by atoms with Gasteiger partial charge < -0.3 is 19.4 Å². The lowest BCUT2D eigenvalue weighted by Gasteiger charge is -2.14. The van der Waals surface area contributed by atoms with Crippen LogP contribution in [0.5, 0.6) is 5.75 Å². The maximum Gasteiger partial charge on any atom is 0.251 e. The van der Waals surface area contributed by atoms with Gasteiger partial charge in [-0.05, 0) is 61.8 Å². The van der Waals surface area contributed by atoms with Crippen molar-refractivity contribution in [3.05, 3.63) is 59.5 Å². The average Bonchev–Trinajstić information content (AvgIpc) is 3.37. The fraction of sp³-hybridized carbons (Fsp3) is 0.364. The summed E-state index contributed by atoms with van der Waals surface area (Å²) in [4.78, 5) is 19.3. The zero-order valence-electron chi connectivity index (χ0n) is 16.1. The van der Waals surface area contributed by atoms with Crippen molar-refractivity contribution >= 4 is 17.0 Å². The summed E-state index contributed by atoms with van der Waals surface area (Å²) in [5.41, 5.74) is 3.08. The molecule has 0 atom stereocenters. The number of fused-ring (bicyclic) bond motifs is 1. The van der Waals surface area contributed by atoms with Crippen LogP contribution in [0.1, 0.15) is 34.7 Å². The Morgan fingerprint density at radius 3 is 2.71 bits per heavy atom. The molecule has 0 bridgehead atoms. The molecule has 0 saturated carbocycles. The van der Waals surface area contributed by atoms with Gasteiger partial charge in [-0.25, -0.2) is 4.98 Å². The highest BCUT2D eigenvalue weighted by atomic mass is 16.5. The number of carbonyl (C=O) groups excluding carboxylic acids is 1. The Balaban J connectivity index is 1.39. The fourth-order valence-corrected chi connectivity index (χ4v) is 3.54. The van der Waals surface area contributed by atoms with Crippen molar-refractivity contribution in [3.63, 3.8) is 0 Å². The van der Waals surface area contributed by atoms with Crippen LogP contribution in [0.4, 0.5) is 0 Å². The Bertz CT molecular complexity index is 943. The summed E-state index contributed by atoms with van der Waals surface area (Å²) in [6.07, 6.45) is 3.11. The number of hydrogen-bond donors (Lipinski definition) is 1. The van der Waals surface area contributed by atoms with E-state index in [4.69, 9.17) is 9.15 Å². The van der Waals surface area contributed by atoms with E-state index in [2.05, 4.69) is 15.2 Å². The first-order chi connectivity index (χ1) is 13.7. The minimum absolute atomic E-state index is 0.0748. The van der Waals surface area contributed by atoms with E-state index in [1.807, 2.05) is 30.3 Å². The molecule has 0 radical (unpaired) electrons. The molecule has 1 N–H and O–H groups in total. The van der Waals surface area contributed by atoms with E-state index >= 15 is 0 Å². The number of hydrogen-bond acceptors (Lipinski definition) is 5. The predicted molar refractivity (Wildman–Crippen MR) is 108 cm³/mol. The number of amides is 1. The second-order valence-electron chi connectivity index (χ2n) is 7.12. The molecule has 4 rings (SSSR count). The summed E-state index contributed by atoms with van der Waals surface area (Å²) in [5.74, 6) is 1.38. The molecule has 1 amide bonds. The number of rotatable bonds is 7. The predicted octanol–water partition coefficient (Wildman–Crippen LogP) is 3.25. The SMILES string of the molecule is COc1ccc(Cc2nc3ccc(C(=O)NCCN4CCCC4)cc3o2)cc1. The first kappa shape index (κ1) is 18.5. The summed E-state index contributed by atoms with van der Waals surface area (Å²) in [5, 5.41) is 2.99. The monoisotopic (exact) mass is 379 g/mol. The second-order valence-corrected chi connectivity index (χ2v) is 7.12. The highest BCUT2D eigenvalue weighted by molar-refractivity contribution is 5.97. The number of methoxy groups -OCH3 is 1. The van der Waals surface area contributed by atoms with Crippen molar-refractivity contribution in [3.8, 4) is 5.75 Å². The van der Waals surface area contributed by atoms with Crippen molar-refractivity contribution in [1.29, 1.82) is 0 Å². The van der Waals surface area contributed by atoms with Gasteiger partial charge in [0.1, 0.15) is 11.3 Å². The number of likely N-dealkylation sites (tertiary alicyclic amines) is 1. The molecule has 6 heteroatoms. The van der Waals surface area contributed by atoms with E-state index in [0.29, 0.717) is 30.0 Å². The quantitative estimate of drug-likeness (QED) is 0.683. The standard InChI is InChI=1S/C22H25N3O3/c1-27-18-7-4-16(5-8-18)14-21-24-19-9-6-17(15-20(19)28-21)22(26)23-10-13-25-11-2-3-12-25/h4-9,15H,2-3,10-14H2,1H3,(H,23,26). The maximum atomic E-state index is 12.4. The minimum atomic E-state index is -0.0748. The molecule has 1 aromatic heterocycles. The van der Waals surface area contributed by atoms with Crippen molar-refractivity contribution in [2.24, 2.45) is 0 Å². The molecule has 28 heavy (non-hydrogen) atoms. The largest absolute Gasteiger partial charge is 0.497 e. The summed E-state index contributed by atoms with van der Waals surface area (Å²) < 4.78 is 11.1. The molecule has 0 unspecified atom stereocenters. The zero-order valence-corrected chi connectivity index (χ0v) is 16.1. The zero-order chi connectivity index (χ0) is 19.3. The third-order valence-electron chi connectivity index (χ3n) is 5.12. The number of carbonyl (C=O) groups is 1. The highest BCUT2D eigenvalue weighted by Gasteiger charge is 2.13. The first-order valence-electron chi connectivity index (χ1n) is 9.74. The molecule has 3 aromatic rings. The molecule has 1 aliphatic rings. The average molecular weight is 379 g/mol.